The molecule has 0 unspecified atom stereocenters. The maximum Gasteiger partial charge on any atom is 0.343 e. The zero-order valence-electron chi connectivity index (χ0n) is 18.4. The summed E-state index contributed by atoms with van der Waals surface area (Å²) in [5, 5.41) is 17.5. The Morgan fingerprint density at radius 1 is 1.26 bits per heavy atom. The highest BCUT2D eigenvalue weighted by Gasteiger charge is 2.37. The molecule has 0 amide bonds. The molecule has 10 heteroatoms. The first-order valence-electron chi connectivity index (χ1n) is 10.4. The Morgan fingerprint density at radius 2 is 2.00 bits per heavy atom. The normalized spacial score (nSPS) is 14.6. The first-order valence-corrected chi connectivity index (χ1v) is 10.7. The number of methoxy groups -OCH3 is 1. The highest BCUT2D eigenvalue weighted by Crippen LogP contribution is 2.49. The summed E-state index contributed by atoms with van der Waals surface area (Å²) < 4.78 is 21.6. The van der Waals surface area contributed by atoms with E-state index < -0.39 is 11.9 Å². The van der Waals surface area contributed by atoms with Crippen LogP contribution < -0.4 is 19.9 Å². The minimum atomic E-state index is -0.691. The number of nitrogens with zero attached hydrogens (tertiary/aromatic N) is 2. The summed E-state index contributed by atoms with van der Waals surface area (Å²) >= 11 is 6.69. The number of nitrogens with one attached hydrogen (secondary N) is 1. The van der Waals surface area contributed by atoms with Crippen molar-refractivity contribution in [2.24, 2.45) is 5.73 Å². The monoisotopic (exact) mass is 480 g/mol. The summed E-state index contributed by atoms with van der Waals surface area (Å²) in [5.74, 6) is -0.445. The number of aromatic nitrogens is 2. The van der Waals surface area contributed by atoms with Crippen LogP contribution in [-0.2, 0) is 9.53 Å². The van der Waals surface area contributed by atoms with E-state index >= 15 is 0 Å². The molecule has 3 N–H and O–H groups in total. The van der Waals surface area contributed by atoms with E-state index in [1.54, 1.807) is 6.07 Å². The van der Waals surface area contributed by atoms with Crippen molar-refractivity contribution in [1.29, 1.82) is 5.26 Å². The van der Waals surface area contributed by atoms with E-state index in [0.717, 1.165) is 5.56 Å². The van der Waals surface area contributed by atoms with Crippen LogP contribution in [0.25, 0.3) is 11.3 Å². The van der Waals surface area contributed by atoms with Gasteiger partial charge < -0.3 is 24.7 Å². The second-order valence-corrected chi connectivity index (χ2v) is 7.63. The number of H-pyrrole nitrogens is 1. The topological polar surface area (TPSA) is 132 Å². The van der Waals surface area contributed by atoms with Crippen molar-refractivity contribution >= 4 is 17.6 Å². The average Bonchev–Trinajstić information content (AvgIpc) is 3.27. The fraction of sp³-hybridized carbons (Fsp3) is 0.208. The molecule has 2 aromatic carbocycles. The molecule has 0 radical (unpaired) electrons. The van der Waals surface area contributed by atoms with Gasteiger partial charge in [-0.25, -0.2) is 4.79 Å². The largest absolute Gasteiger partial charge is 0.490 e. The first-order chi connectivity index (χ1) is 16.5. The van der Waals surface area contributed by atoms with Gasteiger partial charge in [0.25, 0.3) is 0 Å². The lowest BCUT2D eigenvalue weighted by molar-refractivity contribution is -0.142. The van der Waals surface area contributed by atoms with Gasteiger partial charge in [-0.1, -0.05) is 41.9 Å². The van der Waals surface area contributed by atoms with E-state index in [9.17, 15) is 10.1 Å². The summed E-state index contributed by atoms with van der Waals surface area (Å²) in [4.78, 5) is 11.6. The number of carbonyl (C=O) groups is 1. The summed E-state index contributed by atoms with van der Waals surface area (Å²) in [7, 11) is 1.27. The highest BCUT2D eigenvalue weighted by atomic mass is 35.5. The number of nitriles is 1. The van der Waals surface area contributed by atoms with Crippen molar-refractivity contribution in [3.05, 3.63) is 70.1 Å². The Balaban J connectivity index is 1.88. The lowest BCUT2D eigenvalue weighted by Gasteiger charge is -2.25. The number of carbonyl (C=O) groups excluding carboxylic acids is 1. The zero-order chi connectivity index (χ0) is 24.2. The predicted octanol–water partition coefficient (Wildman–Crippen LogP) is 3.90. The van der Waals surface area contributed by atoms with Crippen LogP contribution in [0.1, 0.15) is 24.0 Å². The van der Waals surface area contributed by atoms with Gasteiger partial charge in [0.05, 0.1) is 30.9 Å². The lowest BCUT2D eigenvalue weighted by Crippen LogP contribution is -2.21. The fourth-order valence-corrected chi connectivity index (χ4v) is 3.99. The summed E-state index contributed by atoms with van der Waals surface area (Å²) in [6, 6.07) is 14.9. The molecule has 0 fully saturated rings. The van der Waals surface area contributed by atoms with Crippen LogP contribution in [-0.4, -0.2) is 36.5 Å². The third-order valence-corrected chi connectivity index (χ3v) is 5.58. The van der Waals surface area contributed by atoms with Crippen LogP contribution in [0.4, 0.5) is 0 Å². The molecule has 0 spiro atoms. The number of allylic oxidation sites excluding steroid dienone is 1. The molecule has 34 heavy (non-hydrogen) atoms. The number of aromatic amines is 1. The SMILES string of the molecule is CCOc1cc([C@H]2C(C#N)=C(N)Oc3n[nH]c(-c4ccccc4)c32)c(Cl)cc1OCC(=O)OC. The molecule has 1 aliphatic rings. The Labute approximate surface area is 200 Å². The molecule has 9 nitrogen and oxygen atoms in total. The number of rotatable bonds is 7. The molecule has 174 valence electrons. The molecule has 0 saturated heterocycles. The van der Waals surface area contributed by atoms with Gasteiger partial charge in [0.15, 0.2) is 18.1 Å². The van der Waals surface area contributed by atoms with Crippen LogP contribution in [0.2, 0.25) is 5.02 Å². The van der Waals surface area contributed by atoms with E-state index in [1.165, 1.54) is 13.2 Å². The molecule has 0 bridgehead atoms. The Morgan fingerprint density at radius 3 is 2.68 bits per heavy atom. The number of ether oxygens (including phenoxy) is 4. The van der Waals surface area contributed by atoms with Crippen molar-refractivity contribution in [3.8, 4) is 34.7 Å². The quantitative estimate of drug-likeness (QED) is 0.486. The van der Waals surface area contributed by atoms with Crippen molar-refractivity contribution in [3.63, 3.8) is 0 Å². The van der Waals surface area contributed by atoms with Gasteiger partial charge in [0.2, 0.25) is 11.8 Å². The Kier molecular flexibility index (Phi) is 6.61. The van der Waals surface area contributed by atoms with Crippen molar-refractivity contribution in [2.45, 2.75) is 12.8 Å². The fourth-order valence-electron chi connectivity index (χ4n) is 3.73. The lowest BCUT2D eigenvalue weighted by atomic mass is 9.83. The van der Waals surface area contributed by atoms with E-state index in [2.05, 4.69) is 21.0 Å². The molecule has 3 aromatic rings. The predicted molar refractivity (Wildman–Crippen MR) is 123 cm³/mol. The van der Waals surface area contributed by atoms with Crippen molar-refractivity contribution in [1.82, 2.24) is 10.2 Å². The molecule has 2 heterocycles. The Bertz CT molecular complexity index is 1300. The third-order valence-electron chi connectivity index (χ3n) is 5.25. The van der Waals surface area contributed by atoms with Gasteiger partial charge in [-0.05, 0) is 24.1 Å². The maximum atomic E-state index is 11.6. The molecule has 0 aliphatic carbocycles. The standard InChI is InChI=1S/C24H21ClN4O5/c1-3-32-17-9-14(16(25)10-18(17)33-12-19(30)31-2)20-15(11-26)23(27)34-24-21(20)22(28-29-24)13-7-5-4-6-8-13/h4-10,20H,3,12,27H2,1-2H3,(H,28,29)/t20-/m0/s1. The zero-order valence-corrected chi connectivity index (χ0v) is 19.2. The van der Waals surface area contributed by atoms with E-state index in [1.807, 2.05) is 37.3 Å². The molecular weight excluding hydrogens is 460 g/mol. The van der Waals surface area contributed by atoms with Gasteiger partial charge >= 0.3 is 5.97 Å². The second-order valence-electron chi connectivity index (χ2n) is 7.23. The first kappa shape index (κ1) is 23.0. The number of halogens is 1. The Hall–Kier alpha value is -4.16. The van der Waals surface area contributed by atoms with Crippen molar-refractivity contribution < 1.29 is 23.7 Å². The van der Waals surface area contributed by atoms with Gasteiger partial charge in [-0.3, -0.25) is 5.10 Å². The van der Waals surface area contributed by atoms with Gasteiger partial charge in [-0.15, -0.1) is 5.10 Å². The molecule has 4 rings (SSSR count). The summed E-state index contributed by atoms with van der Waals surface area (Å²) in [6.07, 6.45) is 0. The summed E-state index contributed by atoms with van der Waals surface area (Å²) in [5.41, 5.74) is 8.93. The second kappa shape index (κ2) is 9.77. The summed E-state index contributed by atoms with van der Waals surface area (Å²) in [6.45, 7) is 1.83. The molecule has 1 atom stereocenters. The van der Waals surface area contributed by atoms with E-state index in [4.69, 9.17) is 31.5 Å². The number of benzene rings is 2. The number of fused-ring (bicyclic) bond motifs is 1. The molecular formula is C24H21ClN4O5. The number of hydrogen-bond donors (Lipinski definition) is 2. The maximum absolute atomic E-state index is 11.6. The number of esters is 1. The minimum absolute atomic E-state index is 0.0637. The van der Waals surface area contributed by atoms with Gasteiger partial charge in [-0.2, -0.15) is 5.26 Å². The highest BCUT2D eigenvalue weighted by molar-refractivity contribution is 6.31. The van der Waals surface area contributed by atoms with Crippen molar-refractivity contribution in [2.75, 3.05) is 20.3 Å². The minimum Gasteiger partial charge on any atom is -0.490 e. The van der Waals surface area contributed by atoms with Crippen LogP contribution >= 0.6 is 11.6 Å². The van der Waals surface area contributed by atoms with Gasteiger partial charge in [0, 0.05) is 11.1 Å². The number of nitrogens with two attached hydrogens (primary N) is 1. The van der Waals surface area contributed by atoms with E-state index in [0.29, 0.717) is 29.2 Å². The number of hydrogen-bond acceptors (Lipinski definition) is 8. The van der Waals surface area contributed by atoms with Crippen LogP contribution in [0, 0.1) is 11.3 Å². The average molecular weight is 481 g/mol. The van der Waals surface area contributed by atoms with E-state index in [-0.39, 0.29) is 34.7 Å². The van der Waals surface area contributed by atoms with Crippen LogP contribution in [0.3, 0.4) is 0 Å². The van der Waals surface area contributed by atoms with Crippen LogP contribution in [0.5, 0.6) is 17.4 Å². The smallest absolute Gasteiger partial charge is 0.343 e. The molecule has 1 aliphatic heterocycles. The van der Waals surface area contributed by atoms with Crippen LogP contribution in [0.15, 0.2) is 53.9 Å². The third kappa shape index (κ3) is 4.23. The molecule has 0 saturated carbocycles. The molecule has 1 aromatic heterocycles. The van der Waals surface area contributed by atoms with Gasteiger partial charge in [0.1, 0.15) is 11.6 Å².